The first-order valence-corrected chi connectivity index (χ1v) is 11.8. The number of sulfonamides is 1. The highest BCUT2D eigenvalue weighted by molar-refractivity contribution is 7.89. The fourth-order valence-corrected chi connectivity index (χ4v) is 5.06. The Hall–Kier alpha value is -2.86. The number of nitrogens with one attached hydrogen (secondary N) is 2. The molecule has 0 saturated carbocycles. The second-order valence-corrected chi connectivity index (χ2v) is 9.35. The molecule has 180 valence electrons. The summed E-state index contributed by atoms with van der Waals surface area (Å²) in [6, 6.07) is 6.43. The maximum absolute atomic E-state index is 12.9. The third kappa shape index (κ3) is 6.14. The Morgan fingerprint density at radius 2 is 1.88 bits per heavy atom. The molecule has 0 bridgehead atoms. The number of methoxy groups -OCH3 is 1. The van der Waals surface area contributed by atoms with Gasteiger partial charge in [0.25, 0.3) is 5.91 Å². The molecule has 1 aliphatic rings. The summed E-state index contributed by atoms with van der Waals surface area (Å²) in [7, 11) is -2.40. The molecule has 1 amide bonds. The first kappa shape index (κ1) is 24.8. The maximum Gasteiger partial charge on any atom is 0.417 e. The summed E-state index contributed by atoms with van der Waals surface area (Å²) in [6.45, 7) is 1.51. The van der Waals surface area contributed by atoms with Crippen molar-refractivity contribution in [1.29, 1.82) is 0 Å². The van der Waals surface area contributed by atoms with E-state index in [-0.39, 0.29) is 22.8 Å². The number of anilines is 1. The van der Waals surface area contributed by atoms with Crippen molar-refractivity contribution in [3.63, 3.8) is 0 Å². The predicted octanol–water partition coefficient (Wildman–Crippen LogP) is 3.13. The highest BCUT2D eigenvalue weighted by Crippen LogP contribution is 2.30. The summed E-state index contributed by atoms with van der Waals surface area (Å²) in [6.07, 6.45) is -1.63. The van der Waals surface area contributed by atoms with Crippen LogP contribution in [0.15, 0.2) is 41.4 Å². The molecule has 0 atom stereocenters. The summed E-state index contributed by atoms with van der Waals surface area (Å²) >= 11 is 0. The normalized spacial score (nSPS) is 14.8. The molecule has 8 nitrogen and oxygen atoms in total. The SMILES string of the molecule is COc1ccc(C(=O)NCCCNc2ccc(C(F)(F)F)cn2)cc1S(=O)(=O)N1CCCC1. The van der Waals surface area contributed by atoms with Gasteiger partial charge < -0.3 is 15.4 Å². The van der Waals surface area contributed by atoms with Gasteiger partial charge in [0.05, 0.1) is 12.7 Å². The van der Waals surface area contributed by atoms with E-state index < -0.39 is 27.7 Å². The number of pyridine rings is 1. The molecule has 2 heterocycles. The summed E-state index contributed by atoms with van der Waals surface area (Å²) < 4.78 is 70.1. The molecule has 0 spiro atoms. The Balaban J connectivity index is 1.54. The number of aromatic nitrogens is 1. The predicted molar refractivity (Wildman–Crippen MR) is 116 cm³/mol. The van der Waals surface area contributed by atoms with Gasteiger partial charge in [-0.1, -0.05) is 0 Å². The van der Waals surface area contributed by atoms with E-state index in [2.05, 4.69) is 15.6 Å². The van der Waals surface area contributed by atoms with Crippen LogP contribution in [0.3, 0.4) is 0 Å². The highest BCUT2D eigenvalue weighted by atomic mass is 32.2. The summed E-state index contributed by atoms with van der Waals surface area (Å²) in [4.78, 5) is 16.2. The number of ether oxygens (including phenoxy) is 1. The molecule has 1 aromatic heterocycles. The van der Waals surface area contributed by atoms with Gasteiger partial charge in [0.1, 0.15) is 16.5 Å². The van der Waals surface area contributed by atoms with E-state index >= 15 is 0 Å². The number of carbonyl (C=O) groups excluding carboxylic acids is 1. The molecule has 0 aliphatic carbocycles. The van der Waals surface area contributed by atoms with Crippen molar-refractivity contribution in [3.05, 3.63) is 47.7 Å². The minimum absolute atomic E-state index is 0.0467. The lowest BCUT2D eigenvalue weighted by Crippen LogP contribution is -2.29. The highest BCUT2D eigenvalue weighted by Gasteiger charge is 2.31. The zero-order valence-corrected chi connectivity index (χ0v) is 18.8. The zero-order valence-electron chi connectivity index (χ0n) is 18.0. The number of rotatable bonds is 9. The van der Waals surface area contributed by atoms with Gasteiger partial charge in [0.15, 0.2) is 0 Å². The van der Waals surface area contributed by atoms with Crippen LogP contribution in [0.2, 0.25) is 0 Å². The molecule has 1 saturated heterocycles. The van der Waals surface area contributed by atoms with Crippen LogP contribution < -0.4 is 15.4 Å². The Kier molecular flexibility index (Phi) is 7.80. The number of carbonyl (C=O) groups is 1. The average Bonchev–Trinajstić information content (AvgIpc) is 3.34. The standard InChI is InChI=1S/C21H25F3N4O4S/c1-32-17-7-5-15(13-18(17)33(30,31)28-11-2-3-12-28)20(29)26-10-4-9-25-19-8-6-16(14-27-19)21(22,23)24/h5-8,13-14H,2-4,9-12H2,1H3,(H,25,27)(H,26,29). The largest absolute Gasteiger partial charge is 0.495 e. The lowest BCUT2D eigenvalue weighted by molar-refractivity contribution is -0.137. The van der Waals surface area contributed by atoms with E-state index in [4.69, 9.17) is 4.74 Å². The van der Waals surface area contributed by atoms with E-state index in [1.165, 1.54) is 35.7 Å². The fraction of sp³-hybridized carbons (Fsp3) is 0.429. The van der Waals surface area contributed by atoms with Crippen LogP contribution in [0.1, 0.15) is 35.2 Å². The van der Waals surface area contributed by atoms with Gasteiger partial charge in [0, 0.05) is 37.9 Å². The summed E-state index contributed by atoms with van der Waals surface area (Å²) in [5.74, 6) is 0.0242. The summed E-state index contributed by atoms with van der Waals surface area (Å²) in [5.41, 5.74) is -0.642. The second kappa shape index (κ2) is 10.4. The minimum Gasteiger partial charge on any atom is -0.495 e. The second-order valence-electron chi connectivity index (χ2n) is 7.44. The topological polar surface area (TPSA) is 101 Å². The molecule has 3 rings (SSSR count). The van der Waals surface area contributed by atoms with Crippen LogP contribution in [0.5, 0.6) is 5.75 Å². The van der Waals surface area contributed by atoms with E-state index in [9.17, 15) is 26.4 Å². The van der Waals surface area contributed by atoms with Gasteiger partial charge in [0.2, 0.25) is 10.0 Å². The molecule has 0 unspecified atom stereocenters. The van der Waals surface area contributed by atoms with E-state index in [0.29, 0.717) is 31.9 Å². The monoisotopic (exact) mass is 486 g/mol. The van der Waals surface area contributed by atoms with Crippen molar-refractivity contribution >= 4 is 21.7 Å². The minimum atomic E-state index is -4.44. The molecule has 0 radical (unpaired) electrons. The number of halogens is 3. The fourth-order valence-electron chi connectivity index (χ4n) is 3.36. The van der Waals surface area contributed by atoms with Crippen molar-refractivity contribution in [2.24, 2.45) is 0 Å². The summed E-state index contributed by atoms with van der Waals surface area (Å²) in [5, 5.41) is 5.58. The Morgan fingerprint density at radius 3 is 2.48 bits per heavy atom. The maximum atomic E-state index is 12.9. The first-order chi connectivity index (χ1) is 15.6. The van der Waals surface area contributed by atoms with Gasteiger partial charge in [-0.3, -0.25) is 4.79 Å². The van der Waals surface area contributed by atoms with Crippen molar-refractivity contribution < 1.29 is 31.1 Å². The molecule has 1 aliphatic heterocycles. The number of benzene rings is 1. The molecule has 1 aromatic carbocycles. The Morgan fingerprint density at radius 1 is 1.15 bits per heavy atom. The van der Waals surface area contributed by atoms with E-state index in [1.54, 1.807) is 0 Å². The van der Waals surface area contributed by atoms with E-state index in [0.717, 1.165) is 25.1 Å². The van der Waals surface area contributed by atoms with Crippen LogP contribution in [-0.4, -0.2) is 56.9 Å². The number of hydrogen-bond acceptors (Lipinski definition) is 6. The van der Waals surface area contributed by atoms with Crippen LogP contribution in [0, 0.1) is 0 Å². The van der Waals surface area contributed by atoms with Gasteiger partial charge >= 0.3 is 6.18 Å². The molecule has 12 heteroatoms. The smallest absolute Gasteiger partial charge is 0.417 e. The van der Waals surface area contributed by atoms with Crippen LogP contribution in [-0.2, 0) is 16.2 Å². The molecule has 33 heavy (non-hydrogen) atoms. The Labute approximate surface area is 190 Å². The lowest BCUT2D eigenvalue weighted by Gasteiger charge is -2.18. The van der Waals surface area contributed by atoms with Crippen molar-refractivity contribution in [1.82, 2.24) is 14.6 Å². The Bertz CT molecular complexity index is 1070. The quantitative estimate of drug-likeness (QED) is 0.529. The van der Waals surface area contributed by atoms with E-state index in [1.807, 2.05) is 0 Å². The number of alkyl halides is 3. The van der Waals surface area contributed by atoms with Crippen molar-refractivity contribution in [2.45, 2.75) is 30.3 Å². The van der Waals surface area contributed by atoms with Crippen LogP contribution in [0.25, 0.3) is 0 Å². The molecule has 2 aromatic rings. The first-order valence-electron chi connectivity index (χ1n) is 10.4. The number of nitrogens with zero attached hydrogens (tertiary/aromatic N) is 2. The van der Waals surface area contributed by atoms with Crippen LogP contribution >= 0.6 is 0 Å². The van der Waals surface area contributed by atoms with Crippen molar-refractivity contribution in [3.8, 4) is 5.75 Å². The molecular formula is C21H25F3N4O4S. The third-order valence-electron chi connectivity index (χ3n) is 5.14. The molecule has 1 fully saturated rings. The van der Waals surface area contributed by atoms with Crippen molar-refractivity contribution in [2.75, 3.05) is 38.6 Å². The molecule has 2 N–H and O–H groups in total. The lowest BCUT2D eigenvalue weighted by atomic mass is 10.2. The zero-order chi connectivity index (χ0) is 24.1. The average molecular weight is 487 g/mol. The number of hydrogen-bond donors (Lipinski definition) is 2. The van der Waals surface area contributed by atoms with Gasteiger partial charge in [-0.15, -0.1) is 0 Å². The van der Waals surface area contributed by atoms with Crippen LogP contribution in [0.4, 0.5) is 19.0 Å². The van der Waals surface area contributed by atoms with Gasteiger partial charge in [-0.2, -0.15) is 17.5 Å². The number of amides is 1. The third-order valence-corrected chi connectivity index (χ3v) is 7.06. The molecular weight excluding hydrogens is 461 g/mol. The van der Waals surface area contributed by atoms with Gasteiger partial charge in [-0.25, -0.2) is 13.4 Å². The van der Waals surface area contributed by atoms with Gasteiger partial charge in [-0.05, 0) is 49.6 Å².